The van der Waals surface area contributed by atoms with Gasteiger partial charge in [-0.1, -0.05) is 0 Å². The number of carbonyl (C=O) groups excluding carboxylic acids is 2. The van der Waals surface area contributed by atoms with Crippen molar-refractivity contribution in [1.29, 1.82) is 0 Å². The molecule has 0 aliphatic rings. The van der Waals surface area contributed by atoms with E-state index in [2.05, 4.69) is 13.2 Å². The van der Waals surface area contributed by atoms with Gasteiger partial charge in [0.2, 0.25) is 0 Å². The number of carbonyl (C=O) groups is 2. The van der Waals surface area contributed by atoms with Crippen LogP contribution in [0, 0.1) is 9.39 Å². The predicted molar refractivity (Wildman–Crippen MR) is 71.7 cm³/mol. The van der Waals surface area contributed by atoms with Crippen LogP contribution >= 0.6 is 20.6 Å². The van der Waals surface area contributed by atoms with Crippen molar-refractivity contribution in [3.05, 3.63) is 59.0 Å². The Morgan fingerprint density at radius 1 is 1.06 bits per heavy atom. The maximum atomic E-state index is 12.8. The minimum absolute atomic E-state index is 0.431. The molecule has 0 unspecified atom stereocenters. The molecule has 18 heavy (non-hydrogen) atoms. The summed E-state index contributed by atoms with van der Waals surface area (Å²) in [6.45, 7) is 6.50. The number of hydrogen-bond acceptors (Lipinski definition) is 4. The van der Waals surface area contributed by atoms with Crippen LogP contribution in [-0.4, -0.2) is 11.9 Å². The number of hydrogen-bond donors (Lipinski definition) is 0. The van der Waals surface area contributed by atoms with Crippen molar-refractivity contribution in [3.63, 3.8) is 0 Å². The van der Waals surface area contributed by atoms with Crippen molar-refractivity contribution in [1.82, 2.24) is 0 Å². The first-order valence-corrected chi connectivity index (χ1v) is 7.56. The summed E-state index contributed by atoms with van der Waals surface area (Å²) in [5.74, 6) is -1.82. The molecule has 0 amide bonds. The van der Waals surface area contributed by atoms with Crippen LogP contribution < -0.4 is 0 Å². The van der Waals surface area contributed by atoms with E-state index in [1.54, 1.807) is 0 Å². The van der Waals surface area contributed by atoms with Crippen LogP contribution in [0.3, 0.4) is 0 Å². The molecule has 0 aliphatic heterocycles. The van der Waals surface area contributed by atoms with Gasteiger partial charge in [0.15, 0.2) is 0 Å². The summed E-state index contributed by atoms with van der Waals surface area (Å²) in [5, 5.41) is 0. The zero-order chi connectivity index (χ0) is 13.5. The van der Waals surface area contributed by atoms with Crippen LogP contribution in [0.2, 0.25) is 0 Å². The van der Waals surface area contributed by atoms with Crippen LogP contribution in [0.4, 0.5) is 4.39 Å². The Hall–Kier alpha value is -1.70. The third-order valence-corrected chi connectivity index (χ3v) is 5.01. The van der Waals surface area contributed by atoms with Gasteiger partial charge in [0.1, 0.15) is 0 Å². The average Bonchev–Trinajstić information content (AvgIpc) is 2.38. The molecule has 0 fully saturated rings. The Morgan fingerprint density at radius 2 is 1.50 bits per heavy atom. The van der Waals surface area contributed by atoms with Crippen molar-refractivity contribution in [2.24, 2.45) is 0 Å². The van der Waals surface area contributed by atoms with Crippen LogP contribution in [-0.2, 0) is 15.7 Å². The van der Waals surface area contributed by atoms with E-state index in [1.807, 2.05) is 0 Å². The Labute approximate surface area is 112 Å². The van der Waals surface area contributed by atoms with Crippen molar-refractivity contribution in [2.75, 3.05) is 0 Å². The van der Waals surface area contributed by atoms with E-state index in [1.165, 1.54) is 24.3 Å². The van der Waals surface area contributed by atoms with Crippen LogP contribution in [0.5, 0.6) is 0 Å². The fourth-order valence-corrected chi connectivity index (χ4v) is 3.53. The predicted octanol–water partition coefficient (Wildman–Crippen LogP) is 2.79. The van der Waals surface area contributed by atoms with Crippen molar-refractivity contribution >= 4 is 32.6 Å². The molecule has 0 spiro atoms. The summed E-state index contributed by atoms with van der Waals surface area (Å²) in [5.41, 5.74) is 0. The first-order valence-electron chi connectivity index (χ1n) is 4.72. The molecule has 1 rings (SSSR count). The zero-order valence-corrected chi connectivity index (χ0v) is 11.4. The Balaban J connectivity index is 2.91. The summed E-state index contributed by atoms with van der Waals surface area (Å²) in [6, 6.07) is 5.21. The molecule has 1 aromatic carbocycles. The number of halogens is 2. The van der Waals surface area contributed by atoms with Crippen molar-refractivity contribution in [3.8, 4) is 0 Å². The molecule has 4 nitrogen and oxygen atoms in total. The standard InChI is InChI=1S/C12H10FIO4/c1-3-11(15)17-14(18-12(16)4-2)10-7-5-9(13)6-8-10/h3-8H,1-2H2. The molecule has 0 radical (unpaired) electrons. The van der Waals surface area contributed by atoms with Gasteiger partial charge >= 0.3 is 112 Å². The molecular weight excluding hydrogens is 354 g/mol. The topological polar surface area (TPSA) is 52.6 Å². The second kappa shape index (κ2) is 6.90. The van der Waals surface area contributed by atoms with E-state index < -0.39 is 38.4 Å². The molecule has 0 atom stereocenters. The third kappa shape index (κ3) is 4.28. The quantitative estimate of drug-likeness (QED) is 0.596. The number of benzene rings is 1. The van der Waals surface area contributed by atoms with Gasteiger partial charge in [-0.2, -0.15) is 0 Å². The monoisotopic (exact) mass is 364 g/mol. The molecular formula is C12H10FIO4. The van der Waals surface area contributed by atoms with Gasteiger partial charge in [-0.15, -0.1) is 0 Å². The van der Waals surface area contributed by atoms with Gasteiger partial charge in [-0.25, -0.2) is 0 Å². The average molecular weight is 364 g/mol. The molecule has 0 saturated carbocycles. The van der Waals surface area contributed by atoms with E-state index in [9.17, 15) is 14.0 Å². The van der Waals surface area contributed by atoms with Crippen LogP contribution in [0.25, 0.3) is 0 Å². The number of rotatable bonds is 5. The first kappa shape index (κ1) is 14.4. The summed E-state index contributed by atoms with van der Waals surface area (Å²) in [4.78, 5) is 22.3. The molecule has 0 saturated heterocycles. The third-order valence-electron chi connectivity index (χ3n) is 1.61. The van der Waals surface area contributed by atoms with Gasteiger partial charge in [0.05, 0.1) is 0 Å². The van der Waals surface area contributed by atoms with Gasteiger partial charge < -0.3 is 0 Å². The molecule has 1 aromatic rings. The maximum absolute atomic E-state index is 12.8. The van der Waals surface area contributed by atoms with E-state index in [-0.39, 0.29) is 0 Å². The molecule has 0 bridgehead atoms. The summed E-state index contributed by atoms with van der Waals surface area (Å²) < 4.78 is 23.2. The van der Waals surface area contributed by atoms with Crippen molar-refractivity contribution in [2.45, 2.75) is 0 Å². The summed E-state index contributed by atoms with van der Waals surface area (Å²) in [6.07, 6.45) is 1.94. The summed E-state index contributed by atoms with van der Waals surface area (Å²) >= 11 is -2.97. The van der Waals surface area contributed by atoms with E-state index >= 15 is 0 Å². The van der Waals surface area contributed by atoms with Gasteiger partial charge in [-0.05, 0) is 0 Å². The Bertz CT molecular complexity index is 447. The molecule has 6 heteroatoms. The minimum atomic E-state index is -2.97. The summed E-state index contributed by atoms with van der Waals surface area (Å²) in [7, 11) is 0. The van der Waals surface area contributed by atoms with Crippen LogP contribution in [0.15, 0.2) is 49.6 Å². The SMILES string of the molecule is C=CC(=O)OI(OC(=O)C=C)c1ccc(F)cc1. The van der Waals surface area contributed by atoms with E-state index in [4.69, 9.17) is 6.13 Å². The van der Waals surface area contributed by atoms with Crippen LogP contribution in [0.1, 0.15) is 0 Å². The Kier molecular flexibility index (Phi) is 5.50. The fraction of sp³-hybridized carbons (Fsp3) is 0. The van der Waals surface area contributed by atoms with Crippen molar-refractivity contribution < 1.29 is 20.1 Å². The zero-order valence-electron chi connectivity index (χ0n) is 9.27. The Morgan fingerprint density at radius 3 is 1.89 bits per heavy atom. The first-order chi connectivity index (χ1) is 8.56. The fourth-order valence-electron chi connectivity index (χ4n) is 0.838. The molecule has 0 aliphatic carbocycles. The van der Waals surface area contributed by atoms with Gasteiger partial charge in [0.25, 0.3) is 0 Å². The molecule has 0 aromatic heterocycles. The van der Waals surface area contributed by atoms with Gasteiger partial charge in [0, 0.05) is 0 Å². The molecule has 96 valence electrons. The van der Waals surface area contributed by atoms with E-state index in [0.717, 1.165) is 12.2 Å². The second-order valence-electron chi connectivity index (χ2n) is 2.85. The van der Waals surface area contributed by atoms with E-state index in [0.29, 0.717) is 3.57 Å². The normalized spacial score (nSPS) is 10.2. The van der Waals surface area contributed by atoms with Gasteiger partial charge in [-0.3, -0.25) is 0 Å². The molecule has 0 N–H and O–H groups in total. The molecule has 0 heterocycles. The second-order valence-corrected chi connectivity index (χ2v) is 6.22.